The highest BCUT2D eigenvalue weighted by Crippen LogP contribution is 2.25. The molecule has 0 saturated heterocycles. The standard InChI is InChI=1S/C12H13N5O3S2/c1-7(11-16-14-8(2)20-11)22(18,19)12-13-10(15-17-12)6-9-4-3-5-21-9/h3-5,7H,6H2,1-2H3,(H,13,15,17)/t7-/m1/s1. The number of aromatic amines is 1. The minimum atomic E-state index is -3.78. The summed E-state index contributed by atoms with van der Waals surface area (Å²) < 4.78 is 30.2. The molecular weight excluding hydrogens is 326 g/mol. The number of sulfone groups is 1. The van der Waals surface area contributed by atoms with E-state index in [0.717, 1.165) is 4.88 Å². The molecule has 0 aliphatic carbocycles. The molecule has 8 nitrogen and oxygen atoms in total. The largest absolute Gasteiger partial charge is 0.424 e. The van der Waals surface area contributed by atoms with Gasteiger partial charge >= 0.3 is 0 Å². The zero-order chi connectivity index (χ0) is 15.7. The van der Waals surface area contributed by atoms with Gasteiger partial charge in [-0.1, -0.05) is 6.07 Å². The Morgan fingerprint density at radius 1 is 1.41 bits per heavy atom. The average Bonchev–Trinajstić information content (AvgIpc) is 3.20. The summed E-state index contributed by atoms with van der Waals surface area (Å²) in [6, 6.07) is 3.87. The lowest BCUT2D eigenvalue weighted by Crippen LogP contribution is -2.13. The van der Waals surface area contributed by atoms with Crippen LogP contribution < -0.4 is 0 Å². The fraction of sp³-hybridized carbons (Fsp3) is 0.333. The Bertz CT molecular complexity index is 866. The summed E-state index contributed by atoms with van der Waals surface area (Å²) in [6.07, 6.45) is 0.508. The van der Waals surface area contributed by atoms with E-state index in [2.05, 4.69) is 25.4 Å². The van der Waals surface area contributed by atoms with Gasteiger partial charge in [0.2, 0.25) is 21.6 Å². The Balaban J connectivity index is 1.85. The molecule has 1 N–H and O–H groups in total. The summed E-state index contributed by atoms with van der Waals surface area (Å²) in [5.74, 6) is 0.836. The van der Waals surface area contributed by atoms with Crippen LogP contribution >= 0.6 is 11.3 Å². The van der Waals surface area contributed by atoms with E-state index >= 15 is 0 Å². The van der Waals surface area contributed by atoms with Gasteiger partial charge in [0.25, 0.3) is 5.16 Å². The maximum Gasteiger partial charge on any atom is 0.267 e. The predicted molar refractivity (Wildman–Crippen MR) is 78.1 cm³/mol. The maximum atomic E-state index is 12.5. The maximum absolute atomic E-state index is 12.5. The number of H-pyrrole nitrogens is 1. The predicted octanol–water partition coefficient (Wildman–Crippen LogP) is 1.68. The summed E-state index contributed by atoms with van der Waals surface area (Å²) in [7, 11) is -3.78. The van der Waals surface area contributed by atoms with E-state index in [9.17, 15) is 8.42 Å². The number of nitrogens with one attached hydrogen (secondary N) is 1. The molecule has 22 heavy (non-hydrogen) atoms. The van der Waals surface area contributed by atoms with Crippen LogP contribution in [0.1, 0.15) is 34.7 Å². The molecule has 0 radical (unpaired) electrons. The van der Waals surface area contributed by atoms with E-state index in [1.165, 1.54) is 6.92 Å². The Hall–Kier alpha value is -2.07. The van der Waals surface area contributed by atoms with Crippen molar-refractivity contribution in [2.24, 2.45) is 0 Å². The van der Waals surface area contributed by atoms with E-state index in [0.29, 0.717) is 18.1 Å². The van der Waals surface area contributed by atoms with Crippen LogP contribution in [0.3, 0.4) is 0 Å². The molecule has 0 amide bonds. The van der Waals surface area contributed by atoms with Crippen molar-refractivity contribution in [1.82, 2.24) is 25.4 Å². The van der Waals surface area contributed by atoms with Crippen LogP contribution in [0.4, 0.5) is 0 Å². The molecule has 3 rings (SSSR count). The highest BCUT2D eigenvalue weighted by atomic mass is 32.2. The molecular formula is C12H13N5O3S2. The first-order chi connectivity index (χ1) is 10.5. The Labute approximate surface area is 130 Å². The van der Waals surface area contributed by atoms with Gasteiger partial charge < -0.3 is 4.42 Å². The highest BCUT2D eigenvalue weighted by molar-refractivity contribution is 7.91. The van der Waals surface area contributed by atoms with Crippen LogP contribution in [-0.4, -0.2) is 33.8 Å². The molecule has 0 aromatic carbocycles. The summed E-state index contributed by atoms with van der Waals surface area (Å²) in [5.41, 5.74) is 0. The Kier molecular flexibility index (Phi) is 3.79. The van der Waals surface area contributed by atoms with Crippen molar-refractivity contribution in [3.63, 3.8) is 0 Å². The van der Waals surface area contributed by atoms with Gasteiger partial charge in [0.15, 0.2) is 0 Å². The van der Waals surface area contributed by atoms with Crippen LogP contribution in [-0.2, 0) is 16.3 Å². The number of thiophene rings is 1. The molecule has 0 fully saturated rings. The van der Waals surface area contributed by atoms with Crippen LogP contribution in [0, 0.1) is 6.92 Å². The monoisotopic (exact) mass is 339 g/mol. The number of hydrogen-bond acceptors (Lipinski definition) is 8. The van der Waals surface area contributed by atoms with Crippen molar-refractivity contribution >= 4 is 21.2 Å². The van der Waals surface area contributed by atoms with Crippen LogP contribution in [0.5, 0.6) is 0 Å². The van der Waals surface area contributed by atoms with Gasteiger partial charge in [-0.05, 0) is 18.4 Å². The summed E-state index contributed by atoms with van der Waals surface area (Å²) in [6.45, 7) is 3.07. The number of aromatic nitrogens is 5. The zero-order valence-electron chi connectivity index (χ0n) is 11.8. The van der Waals surface area contributed by atoms with Gasteiger partial charge in [-0.25, -0.2) is 13.4 Å². The van der Waals surface area contributed by atoms with E-state index < -0.39 is 15.1 Å². The second-order valence-corrected chi connectivity index (χ2v) is 7.86. The van der Waals surface area contributed by atoms with E-state index in [-0.39, 0.29) is 11.0 Å². The second-order valence-electron chi connectivity index (χ2n) is 4.67. The third-order valence-corrected chi connectivity index (χ3v) is 5.74. The smallest absolute Gasteiger partial charge is 0.267 e. The molecule has 3 heterocycles. The van der Waals surface area contributed by atoms with Gasteiger partial charge in [0.1, 0.15) is 11.1 Å². The molecule has 1 atom stereocenters. The summed E-state index contributed by atoms with van der Waals surface area (Å²) in [4.78, 5) is 5.14. The van der Waals surface area contributed by atoms with E-state index in [4.69, 9.17) is 4.42 Å². The number of hydrogen-bond donors (Lipinski definition) is 1. The molecule has 116 valence electrons. The molecule has 0 aliphatic heterocycles. The molecule has 10 heteroatoms. The number of rotatable bonds is 5. The minimum absolute atomic E-state index is 0.0297. The van der Waals surface area contributed by atoms with Gasteiger partial charge in [-0.3, -0.25) is 5.10 Å². The van der Waals surface area contributed by atoms with Gasteiger partial charge in [0, 0.05) is 18.2 Å². The van der Waals surface area contributed by atoms with Crippen molar-refractivity contribution in [2.45, 2.75) is 30.7 Å². The second kappa shape index (κ2) is 5.61. The average molecular weight is 339 g/mol. The first-order valence-electron chi connectivity index (χ1n) is 6.44. The van der Waals surface area contributed by atoms with Gasteiger partial charge in [-0.15, -0.1) is 26.6 Å². The molecule has 0 bridgehead atoms. The fourth-order valence-electron chi connectivity index (χ4n) is 1.83. The van der Waals surface area contributed by atoms with Crippen LogP contribution in [0.25, 0.3) is 0 Å². The molecule has 3 aromatic rings. The van der Waals surface area contributed by atoms with Gasteiger partial charge in [0.05, 0.1) is 0 Å². The van der Waals surface area contributed by atoms with Crippen molar-refractivity contribution in [2.75, 3.05) is 0 Å². The minimum Gasteiger partial charge on any atom is -0.424 e. The summed E-state index contributed by atoms with van der Waals surface area (Å²) in [5, 5.41) is 14.5. The van der Waals surface area contributed by atoms with Crippen molar-refractivity contribution in [3.8, 4) is 0 Å². The molecule has 3 aromatic heterocycles. The Morgan fingerprint density at radius 2 is 2.23 bits per heavy atom. The first-order valence-corrected chi connectivity index (χ1v) is 8.87. The third kappa shape index (κ3) is 2.79. The quantitative estimate of drug-likeness (QED) is 0.752. The van der Waals surface area contributed by atoms with Crippen molar-refractivity contribution in [1.29, 1.82) is 0 Å². The number of aryl methyl sites for hydroxylation is 1. The lowest BCUT2D eigenvalue weighted by Gasteiger charge is -2.04. The van der Waals surface area contributed by atoms with E-state index in [1.807, 2.05) is 17.5 Å². The molecule has 0 unspecified atom stereocenters. The molecule has 0 saturated carbocycles. The van der Waals surface area contributed by atoms with Gasteiger partial charge in [-0.2, -0.15) is 0 Å². The lowest BCUT2D eigenvalue weighted by molar-refractivity contribution is 0.460. The van der Waals surface area contributed by atoms with Crippen molar-refractivity contribution < 1.29 is 12.8 Å². The van der Waals surface area contributed by atoms with Crippen LogP contribution in [0.2, 0.25) is 0 Å². The fourth-order valence-corrected chi connectivity index (χ4v) is 3.63. The Morgan fingerprint density at radius 3 is 2.86 bits per heavy atom. The van der Waals surface area contributed by atoms with E-state index in [1.54, 1.807) is 18.3 Å². The SMILES string of the molecule is Cc1nnc([C@@H](C)S(=O)(=O)c2n[nH]c(Cc3cccs3)n2)o1. The van der Waals surface area contributed by atoms with Crippen molar-refractivity contribution in [3.05, 3.63) is 40.0 Å². The molecule has 0 aliphatic rings. The topological polar surface area (TPSA) is 115 Å². The van der Waals surface area contributed by atoms with Crippen LogP contribution in [0.15, 0.2) is 27.1 Å². The first kappa shape index (κ1) is 14.9. The summed E-state index contributed by atoms with van der Waals surface area (Å²) >= 11 is 1.57. The highest BCUT2D eigenvalue weighted by Gasteiger charge is 2.33. The zero-order valence-corrected chi connectivity index (χ0v) is 13.5. The molecule has 0 spiro atoms. The number of nitrogens with zero attached hydrogens (tertiary/aromatic N) is 4. The lowest BCUT2D eigenvalue weighted by atomic mass is 10.3. The third-order valence-electron chi connectivity index (χ3n) is 3.04. The normalized spacial score (nSPS) is 13.4.